The summed E-state index contributed by atoms with van der Waals surface area (Å²) in [7, 11) is 0. The molecule has 0 fully saturated rings. The van der Waals surface area contributed by atoms with Crippen LogP contribution in [0.25, 0.3) is 111 Å². The highest BCUT2D eigenvalue weighted by molar-refractivity contribution is 6.16. The first-order chi connectivity index (χ1) is 26.8. The third-order valence-corrected chi connectivity index (χ3v) is 11.5. The highest BCUT2D eigenvalue weighted by Crippen LogP contribution is 2.48. The van der Waals surface area contributed by atoms with E-state index in [0.717, 1.165) is 28.1 Å². The summed E-state index contributed by atoms with van der Waals surface area (Å²) in [6, 6.07) is 68.4. The Hall–Kier alpha value is -7.23. The number of para-hydroxylation sites is 2. The zero-order chi connectivity index (χ0) is 35.3. The van der Waals surface area contributed by atoms with Crippen LogP contribution in [0.4, 0.5) is 0 Å². The van der Waals surface area contributed by atoms with Gasteiger partial charge in [0, 0.05) is 32.6 Å². The zero-order valence-electron chi connectivity index (χ0n) is 29.2. The SMILES string of the molecule is c1ccc(-c2ccc(-n3c4ccccc4c4cc(-c5ccc6c(c5)c5ccccc5n6-c5cc6c7c(cccc7n5)-c5ccccc5-6)ccc43)cc2)cc1. The van der Waals surface area contributed by atoms with Crippen molar-refractivity contribution in [2.24, 2.45) is 0 Å². The molecule has 0 aliphatic heterocycles. The van der Waals surface area contributed by atoms with Crippen molar-refractivity contribution >= 4 is 54.5 Å². The molecule has 3 heterocycles. The molecule has 3 nitrogen and oxygen atoms in total. The average Bonchev–Trinajstić information content (AvgIpc) is 3.87. The van der Waals surface area contributed by atoms with Crippen LogP contribution in [-0.4, -0.2) is 14.1 Å². The third-order valence-electron chi connectivity index (χ3n) is 11.5. The Balaban J connectivity index is 1.01. The number of aromatic nitrogens is 3. The van der Waals surface area contributed by atoms with Gasteiger partial charge < -0.3 is 4.57 Å². The molecule has 0 unspecified atom stereocenters. The third kappa shape index (κ3) is 4.15. The number of nitrogens with zero attached hydrogens (tertiary/aromatic N) is 3. The molecule has 11 aromatic rings. The molecule has 0 atom stereocenters. The Labute approximate surface area is 311 Å². The van der Waals surface area contributed by atoms with Gasteiger partial charge in [0.25, 0.3) is 0 Å². The first kappa shape index (κ1) is 29.4. The van der Waals surface area contributed by atoms with Crippen molar-refractivity contribution < 1.29 is 0 Å². The van der Waals surface area contributed by atoms with E-state index in [0.29, 0.717) is 0 Å². The van der Waals surface area contributed by atoms with E-state index < -0.39 is 0 Å². The largest absolute Gasteiger partial charge is 0.309 e. The summed E-state index contributed by atoms with van der Waals surface area (Å²) in [4.78, 5) is 5.31. The normalized spacial score (nSPS) is 12.1. The highest BCUT2D eigenvalue weighted by atomic mass is 15.1. The van der Waals surface area contributed by atoms with Crippen molar-refractivity contribution in [3.63, 3.8) is 0 Å². The monoisotopic (exact) mass is 685 g/mol. The van der Waals surface area contributed by atoms with Crippen LogP contribution < -0.4 is 0 Å². The summed E-state index contributed by atoms with van der Waals surface area (Å²) in [5.41, 5.74) is 16.8. The van der Waals surface area contributed by atoms with Gasteiger partial charge in [0.2, 0.25) is 0 Å². The summed E-state index contributed by atoms with van der Waals surface area (Å²) in [5.74, 6) is 0.941. The molecule has 0 amide bonds. The number of hydrogen-bond acceptors (Lipinski definition) is 1. The predicted molar refractivity (Wildman–Crippen MR) is 226 cm³/mol. The summed E-state index contributed by atoms with van der Waals surface area (Å²) in [6.45, 7) is 0. The lowest BCUT2D eigenvalue weighted by Crippen LogP contribution is -1.98. The standard InChI is InChI=1S/C51H31N3/c1-2-11-32(12-3-1)33-21-25-36(26-22-33)53-46-19-8-6-15-39(46)42-29-34(23-27-48(42)53)35-24-28-49-43(30-35)40-16-7-9-20-47(40)54(49)50-31-44-38-14-5-4-13-37(38)41-17-10-18-45(52-50)51(41)44/h1-31H. The first-order valence-corrected chi connectivity index (χ1v) is 18.6. The minimum absolute atomic E-state index is 0.941. The Kier molecular flexibility index (Phi) is 6.05. The molecule has 250 valence electrons. The van der Waals surface area contributed by atoms with Crippen LogP contribution in [0.15, 0.2) is 188 Å². The fraction of sp³-hybridized carbons (Fsp3) is 0. The second kappa shape index (κ2) is 11.1. The lowest BCUT2D eigenvalue weighted by Gasteiger charge is -2.11. The van der Waals surface area contributed by atoms with Gasteiger partial charge in [0.1, 0.15) is 5.82 Å². The van der Waals surface area contributed by atoms with E-state index in [2.05, 4.69) is 197 Å². The van der Waals surface area contributed by atoms with Crippen LogP contribution in [-0.2, 0) is 0 Å². The first-order valence-electron chi connectivity index (χ1n) is 18.6. The molecular formula is C51H31N3. The van der Waals surface area contributed by atoms with Crippen molar-refractivity contribution in [2.45, 2.75) is 0 Å². The average molecular weight is 686 g/mol. The van der Waals surface area contributed by atoms with E-state index in [1.807, 2.05) is 0 Å². The van der Waals surface area contributed by atoms with Crippen LogP contribution in [0, 0.1) is 0 Å². The van der Waals surface area contributed by atoms with E-state index in [4.69, 9.17) is 4.98 Å². The zero-order valence-corrected chi connectivity index (χ0v) is 29.2. The molecule has 0 radical (unpaired) electrons. The van der Waals surface area contributed by atoms with Gasteiger partial charge in [0.05, 0.1) is 27.6 Å². The minimum Gasteiger partial charge on any atom is -0.309 e. The van der Waals surface area contributed by atoms with Gasteiger partial charge in [-0.25, -0.2) is 4.98 Å². The van der Waals surface area contributed by atoms with Crippen LogP contribution in [0.1, 0.15) is 0 Å². The molecule has 0 bridgehead atoms. The van der Waals surface area contributed by atoms with Crippen molar-refractivity contribution in [3.8, 4) is 56.0 Å². The van der Waals surface area contributed by atoms with Gasteiger partial charge in [-0.2, -0.15) is 0 Å². The maximum atomic E-state index is 5.31. The minimum atomic E-state index is 0.941. The summed E-state index contributed by atoms with van der Waals surface area (Å²) in [6.07, 6.45) is 0. The fourth-order valence-electron chi connectivity index (χ4n) is 9.04. The van der Waals surface area contributed by atoms with E-state index >= 15 is 0 Å². The number of hydrogen-bond donors (Lipinski definition) is 0. The maximum absolute atomic E-state index is 5.31. The van der Waals surface area contributed by atoms with E-state index in [9.17, 15) is 0 Å². The smallest absolute Gasteiger partial charge is 0.138 e. The molecule has 0 saturated carbocycles. The summed E-state index contributed by atoms with van der Waals surface area (Å²) < 4.78 is 4.74. The van der Waals surface area contributed by atoms with Crippen LogP contribution >= 0.6 is 0 Å². The van der Waals surface area contributed by atoms with Gasteiger partial charge in [-0.15, -0.1) is 0 Å². The molecule has 0 spiro atoms. The van der Waals surface area contributed by atoms with Crippen molar-refractivity contribution in [1.29, 1.82) is 0 Å². The fourth-order valence-corrected chi connectivity index (χ4v) is 9.04. The van der Waals surface area contributed by atoms with Gasteiger partial charge >= 0.3 is 0 Å². The van der Waals surface area contributed by atoms with E-state index in [1.165, 1.54) is 82.5 Å². The van der Waals surface area contributed by atoms with Gasteiger partial charge in [0.15, 0.2) is 0 Å². The number of rotatable bonds is 4. The molecule has 12 rings (SSSR count). The molecule has 54 heavy (non-hydrogen) atoms. The van der Waals surface area contributed by atoms with Crippen LogP contribution in [0.5, 0.6) is 0 Å². The predicted octanol–water partition coefficient (Wildman–Crippen LogP) is 13.4. The Bertz CT molecular complexity index is 3310. The van der Waals surface area contributed by atoms with Crippen molar-refractivity contribution in [3.05, 3.63) is 188 Å². The number of fused-ring (bicyclic) bond motifs is 9. The summed E-state index contributed by atoms with van der Waals surface area (Å²) in [5, 5.41) is 6.18. The van der Waals surface area contributed by atoms with E-state index in [-0.39, 0.29) is 0 Å². The number of benzene rings is 8. The van der Waals surface area contributed by atoms with Gasteiger partial charge in [-0.05, 0) is 105 Å². The molecule has 8 aromatic carbocycles. The lowest BCUT2D eigenvalue weighted by molar-refractivity contribution is 1.10. The molecular weight excluding hydrogens is 655 g/mol. The quantitative estimate of drug-likeness (QED) is 0.181. The lowest BCUT2D eigenvalue weighted by atomic mass is 10.0. The van der Waals surface area contributed by atoms with E-state index in [1.54, 1.807) is 0 Å². The molecule has 0 saturated heterocycles. The maximum Gasteiger partial charge on any atom is 0.138 e. The molecule has 3 heteroatoms. The van der Waals surface area contributed by atoms with Gasteiger partial charge in [-0.1, -0.05) is 127 Å². The van der Waals surface area contributed by atoms with Crippen LogP contribution in [0.3, 0.4) is 0 Å². The number of pyridine rings is 1. The van der Waals surface area contributed by atoms with Crippen LogP contribution in [0.2, 0.25) is 0 Å². The summed E-state index contributed by atoms with van der Waals surface area (Å²) >= 11 is 0. The van der Waals surface area contributed by atoms with Gasteiger partial charge in [-0.3, -0.25) is 4.57 Å². The second-order valence-corrected chi connectivity index (χ2v) is 14.4. The van der Waals surface area contributed by atoms with Crippen molar-refractivity contribution in [2.75, 3.05) is 0 Å². The Morgan fingerprint density at radius 1 is 0.315 bits per heavy atom. The molecule has 0 N–H and O–H groups in total. The second-order valence-electron chi connectivity index (χ2n) is 14.4. The topological polar surface area (TPSA) is 22.8 Å². The van der Waals surface area contributed by atoms with Crippen molar-refractivity contribution in [1.82, 2.24) is 14.1 Å². The molecule has 1 aliphatic rings. The molecule has 1 aliphatic carbocycles. The highest BCUT2D eigenvalue weighted by Gasteiger charge is 2.24. The Morgan fingerprint density at radius 2 is 0.833 bits per heavy atom. The Morgan fingerprint density at radius 3 is 1.54 bits per heavy atom. The molecule has 3 aromatic heterocycles.